The van der Waals surface area contributed by atoms with Crippen molar-refractivity contribution >= 4 is 16.1 Å². The van der Waals surface area contributed by atoms with Crippen molar-refractivity contribution in [2.75, 3.05) is 20.4 Å². The Morgan fingerprint density at radius 3 is 1.92 bits per heavy atom. The Labute approximate surface area is 148 Å². The highest BCUT2D eigenvalue weighted by molar-refractivity contribution is 7.86. The fourth-order valence-electron chi connectivity index (χ4n) is 2.32. The van der Waals surface area contributed by atoms with E-state index < -0.39 is 10.1 Å². The van der Waals surface area contributed by atoms with E-state index >= 15 is 0 Å². The van der Waals surface area contributed by atoms with Crippen molar-refractivity contribution in [1.29, 1.82) is 0 Å². The van der Waals surface area contributed by atoms with Crippen LogP contribution in [0, 0.1) is 0 Å². The Morgan fingerprint density at radius 2 is 1.44 bits per heavy atom. The van der Waals surface area contributed by atoms with Crippen LogP contribution in [0.3, 0.4) is 0 Å². The highest BCUT2D eigenvalue weighted by Crippen LogP contribution is 2.17. The lowest BCUT2D eigenvalue weighted by Crippen LogP contribution is -2.38. The fraction of sp³-hybridized carbons (Fsp3) is 0.278. The second-order valence-electron chi connectivity index (χ2n) is 5.95. The zero-order valence-corrected chi connectivity index (χ0v) is 15.4. The van der Waals surface area contributed by atoms with Crippen LogP contribution in [-0.2, 0) is 23.2 Å². The zero-order chi connectivity index (χ0) is 18.4. The molecule has 0 saturated carbocycles. The van der Waals surface area contributed by atoms with Gasteiger partial charge in [0.15, 0.2) is 0 Å². The molecule has 0 atom stereocenters. The van der Waals surface area contributed by atoms with Gasteiger partial charge in [0.05, 0.1) is 6.26 Å². The SMILES string of the molecule is CN(C)C(=O)N(Cc1ccccc1)Cc1ccc(OS(C)(=O)=O)cc1. The van der Waals surface area contributed by atoms with Crippen molar-refractivity contribution in [3.05, 3.63) is 65.7 Å². The molecule has 0 fully saturated rings. The molecule has 2 amide bonds. The van der Waals surface area contributed by atoms with Gasteiger partial charge in [0, 0.05) is 27.2 Å². The summed E-state index contributed by atoms with van der Waals surface area (Å²) in [6, 6.07) is 16.3. The van der Waals surface area contributed by atoms with Crippen LogP contribution in [0.2, 0.25) is 0 Å². The number of hydrogen-bond donors (Lipinski definition) is 0. The topological polar surface area (TPSA) is 66.9 Å². The normalized spacial score (nSPS) is 11.0. The van der Waals surface area contributed by atoms with Crippen LogP contribution in [0.25, 0.3) is 0 Å². The molecule has 25 heavy (non-hydrogen) atoms. The first-order chi connectivity index (χ1) is 11.7. The first kappa shape index (κ1) is 18.8. The Morgan fingerprint density at radius 1 is 0.920 bits per heavy atom. The molecule has 0 aliphatic heterocycles. The molecule has 7 heteroatoms. The molecule has 0 spiro atoms. The number of benzene rings is 2. The van der Waals surface area contributed by atoms with E-state index in [0.717, 1.165) is 17.4 Å². The van der Waals surface area contributed by atoms with Crippen molar-refractivity contribution in [3.63, 3.8) is 0 Å². The number of nitrogens with zero attached hydrogens (tertiary/aromatic N) is 2. The van der Waals surface area contributed by atoms with Crippen LogP contribution in [0.1, 0.15) is 11.1 Å². The standard InChI is InChI=1S/C18H22N2O4S/c1-19(2)18(21)20(13-15-7-5-4-6-8-15)14-16-9-11-17(12-10-16)24-25(3,22)23/h4-12H,13-14H2,1-3H3. The van der Waals surface area contributed by atoms with E-state index in [2.05, 4.69) is 0 Å². The van der Waals surface area contributed by atoms with Gasteiger partial charge in [0.1, 0.15) is 5.75 Å². The lowest BCUT2D eigenvalue weighted by atomic mass is 10.1. The second-order valence-corrected chi connectivity index (χ2v) is 7.52. The van der Waals surface area contributed by atoms with Gasteiger partial charge in [-0.05, 0) is 23.3 Å². The Balaban J connectivity index is 2.14. The zero-order valence-electron chi connectivity index (χ0n) is 14.5. The van der Waals surface area contributed by atoms with Crippen LogP contribution in [0.5, 0.6) is 5.75 Å². The summed E-state index contributed by atoms with van der Waals surface area (Å²) in [5.74, 6) is 0.250. The van der Waals surface area contributed by atoms with Crippen molar-refractivity contribution in [1.82, 2.24) is 9.80 Å². The van der Waals surface area contributed by atoms with Crippen LogP contribution < -0.4 is 4.18 Å². The van der Waals surface area contributed by atoms with Gasteiger partial charge in [-0.3, -0.25) is 0 Å². The summed E-state index contributed by atoms with van der Waals surface area (Å²) in [4.78, 5) is 15.7. The summed E-state index contributed by atoms with van der Waals surface area (Å²) >= 11 is 0. The quantitative estimate of drug-likeness (QED) is 0.741. The maximum absolute atomic E-state index is 12.5. The van der Waals surface area contributed by atoms with Gasteiger partial charge in [-0.2, -0.15) is 8.42 Å². The Kier molecular flexibility index (Phi) is 6.03. The molecule has 134 valence electrons. The minimum atomic E-state index is -3.55. The number of urea groups is 1. The third-order valence-corrected chi connectivity index (χ3v) is 3.91. The lowest BCUT2D eigenvalue weighted by Gasteiger charge is -2.26. The lowest BCUT2D eigenvalue weighted by molar-refractivity contribution is 0.165. The summed E-state index contributed by atoms with van der Waals surface area (Å²) in [5, 5.41) is 0. The fourth-order valence-corrected chi connectivity index (χ4v) is 2.78. The average molecular weight is 362 g/mol. The predicted molar refractivity (Wildman–Crippen MR) is 96.7 cm³/mol. The molecule has 2 aromatic rings. The minimum absolute atomic E-state index is 0.0969. The van der Waals surface area contributed by atoms with E-state index in [9.17, 15) is 13.2 Å². The smallest absolute Gasteiger partial charge is 0.320 e. The van der Waals surface area contributed by atoms with Crippen LogP contribution in [0.15, 0.2) is 54.6 Å². The van der Waals surface area contributed by atoms with E-state index in [1.807, 2.05) is 30.3 Å². The first-order valence-electron chi connectivity index (χ1n) is 7.73. The third-order valence-electron chi connectivity index (χ3n) is 3.41. The van der Waals surface area contributed by atoms with Crippen LogP contribution in [0.4, 0.5) is 4.79 Å². The summed E-state index contributed by atoms with van der Waals surface area (Å²) in [6.45, 7) is 0.893. The minimum Gasteiger partial charge on any atom is -0.383 e. The van der Waals surface area contributed by atoms with Crippen molar-refractivity contribution in [2.24, 2.45) is 0 Å². The van der Waals surface area contributed by atoms with Crippen molar-refractivity contribution in [2.45, 2.75) is 13.1 Å². The number of carbonyl (C=O) groups excluding carboxylic acids is 1. The first-order valence-corrected chi connectivity index (χ1v) is 9.55. The van der Waals surface area contributed by atoms with Gasteiger partial charge < -0.3 is 14.0 Å². The summed E-state index contributed by atoms with van der Waals surface area (Å²) in [7, 11) is -0.126. The molecule has 0 aromatic heterocycles. The van der Waals surface area contributed by atoms with Gasteiger partial charge in [0.25, 0.3) is 0 Å². The van der Waals surface area contributed by atoms with Crippen LogP contribution in [-0.4, -0.2) is 44.6 Å². The van der Waals surface area contributed by atoms with Crippen LogP contribution >= 0.6 is 0 Å². The molecule has 0 aliphatic rings. The van der Waals surface area contributed by atoms with E-state index in [4.69, 9.17) is 4.18 Å². The molecule has 0 heterocycles. The molecule has 6 nitrogen and oxygen atoms in total. The molecule has 0 unspecified atom stereocenters. The molecule has 0 bridgehead atoms. The maximum Gasteiger partial charge on any atom is 0.320 e. The number of carbonyl (C=O) groups is 1. The summed E-state index contributed by atoms with van der Waals surface area (Å²) in [5.41, 5.74) is 1.92. The number of hydrogen-bond acceptors (Lipinski definition) is 4. The van der Waals surface area contributed by atoms with E-state index in [0.29, 0.717) is 13.1 Å². The summed E-state index contributed by atoms with van der Waals surface area (Å²) < 4.78 is 27.1. The average Bonchev–Trinajstić information content (AvgIpc) is 2.55. The second kappa shape index (κ2) is 8.02. The molecule has 0 aliphatic carbocycles. The van der Waals surface area contributed by atoms with Gasteiger partial charge >= 0.3 is 16.1 Å². The van der Waals surface area contributed by atoms with Crippen molar-refractivity contribution in [3.8, 4) is 5.75 Å². The Bertz CT molecular complexity index is 803. The molecule has 2 aromatic carbocycles. The van der Waals surface area contributed by atoms with Gasteiger partial charge in [-0.25, -0.2) is 4.79 Å². The molecular formula is C18H22N2O4S. The molecular weight excluding hydrogens is 340 g/mol. The van der Waals surface area contributed by atoms with Gasteiger partial charge in [0.2, 0.25) is 0 Å². The van der Waals surface area contributed by atoms with E-state index in [1.165, 1.54) is 4.90 Å². The van der Waals surface area contributed by atoms with Crippen molar-refractivity contribution < 1.29 is 17.4 Å². The molecule has 0 N–H and O–H groups in total. The highest BCUT2D eigenvalue weighted by Gasteiger charge is 2.16. The van der Waals surface area contributed by atoms with E-state index in [1.54, 1.807) is 43.3 Å². The molecule has 0 saturated heterocycles. The molecule has 0 radical (unpaired) electrons. The number of amides is 2. The number of rotatable bonds is 6. The van der Waals surface area contributed by atoms with Gasteiger partial charge in [-0.1, -0.05) is 42.5 Å². The highest BCUT2D eigenvalue weighted by atomic mass is 32.2. The molecule has 2 rings (SSSR count). The third kappa shape index (κ3) is 6.11. The van der Waals surface area contributed by atoms with Gasteiger partial charge in [-0.15, -0.1) is 0 Å². The maximum atomic E-state index is 12.5. The monoisotopic (exact) mass is 362 g/mol. The summed E-state index contributed by atoms with van der Waals surface area (Å²) in [6.07, 6.45) is 0.998. The largest absolute Gasteiger partial charge is 0.383 e. The predicted octanol–water partition coefficient (Wildman–Crippen LogP) is 2.71. The Hall–Kier alpha value is -2.54. The van der Waals surface area contributed by atoms with E-state index in [-0.39, 0.29) is 11.8 Å².